The van der Waals surface area contributed by atoms with E-state index in [0.717, 1.165) is 5.56 Å². The average molecular weight is 398 g/mol. The second kappa shape index (κ2) is 8.61. The summed E-state index contributed by atoms with van der Waals surface area (Å²) in [6.07, 6.45) is 0.682. The predicted octanol–water partition coefficient (Wildman–Crippen LogP) is 1.98. The highest BCUT2D eigenvalue weighted by molar-refractivity contribution is 5.93. The summed E-state index contributed by atoms with van der Waals surface area (Å²) in [6, 6.07) is 12.4. The molecule has 0 aliphatic carbocycles. The number of aliphatic hydroxyl groups excluding tert-OH is 1. The van der Waals surface area contributed by atoms with Gasteiger partial charge >= 0.3 is 5.97 Å². The van der Waals surface area contributed by atoms with E-state index in [-0.39, 0.29) is 37.1 Å². The highest BCUT2D eigenvalue weighted by Gasteiger charge is 2.49. The molecule has 0 saturated carbocycles. The lowest BCUT2D eigenvalue weighted by atomic mass is 9.73. The number of likely N-dealkylation sites (tertiary alicyclic amines) is 1. The van der Waals surface area contributed by atoms with Crippen LogP contribution < -0.4 is 5.43 Å². The zero-order valence-electron chi connectivity index (χ0n) is 16.4. The lowest BCUT2D eigenvalue weighted by molar-refractivity contribution is -0.162. The molecule has 2 atom stereocenters. The molecule has 3 N–H and O–H groups in total. The van der Waals surface area contributed by atoms with Gasteiger partial charge in [0.1, 0.15) is 11.1 Å². The Morgan fingerprint density at radius 3 is 2.62 bits per heavy atom. The van der Waals surface area contributed by atoms with Crippen LogP contribution in [0.5, 0.6) is 0 Å². The monoisotopic (exact) mass is 398 g/mol. The summed E-state index contributed by atoms with van der Waals surface area (Å²) in [6.45, 7) is 1.83. The molecule has 154 valence electrons. The Balaban J connectivity index is 1.78. The smallest absolute Gasteiger partial charge is 0.314 e. The number of carbonyl (C=O) groups excluding carboxylic acids is 1. The Kier molecular flexibility index (Phi) is 6.17. The molecule has 0 spiro atoms. The Morgan fingerprint density at radius 1 is 1.24 bits per heavy atom. The minimum absolute atomic E-state index is 0.0902. The lowest BCUT2D eigenvalue weighted by Gasteiger charge is -2.43. The summed E-state index contributed by atoms with van der Waals surface area (Å²) >= 11 is 0. The number of rotatable bonds is 6. The van der Waals surface area contributed by atoms with Crippen LogP contribution in [0.3, 0.4) is 0 Å². The van der Waals surface area contributed by atoms with Crippen molar-refractivity contribution in [3.63, 3.8) is 0 Å². The van der Waals surface area contributed by atoms with Crippen LogP contribution in [0.1, 0.15) is 41.0 Å². The first kappa shape index (κ1) is 20.8. The van der Waals surface area contributed by atoms with Gasteiger partial charge in [-0.2, -0.15) is 0 Å². The molecule has 29 heavy (non-hydrogen) atoms. The van der Waals surface area contributed by atoms with E-state index in [1.165, 1.54) is 17.0 Å². The molecule has 1 aromatic carbocycles. The summed E-state index contributed by atoms with van der Waals surface area (Å²) in [5, 5.41) is 20.5. The van der Waals surface area contributed by atoms with E-state index in [1.54, 1.807) is 6.92 Å². The molecule has 0 bridgehead atoms. The second-order valence-corrected chi connectivity index (χ2v) is 7.74. The van der Waals surface area contributed by atoms with Crippen LogP contribution in [0.15, 0.2) is 47.3 Å². The summed E-state index contributed by atoms with van der Waals surface area (Å²) in [4.78, 5) is 41.1. The molecule has 2 heterocycles. The van der Waals surface area contributed by atoms with Gasteiger partial charge in [-0.05, 0) is 38.2 Å². The molecule has 0 unspecified atom stereocenters. The minimum Gasteiger partial charge on any atom is -0.481 e. The van der Waals surface area contributed by atoms with Crippen LogP contribution in [0.4, 0.5) is 0 Å². The number of amides is 1. The number of hydrogen-bond acceptors (Lipinski definition) is 4. The van der Waals surface area contributed by atoms with Crippen molar-refractivity contribution in [2.24, 2.45) is 5.41 Å². The van der Waals surface area contributed by atoms with Gasteiger partial charge < -0.3 is 20.1 Å². The maximum Gasteiger partial charge on any atom is 0.314 e. The van der Waals surface area contributed by atoms with Gasteiger partial charge in [0.2, 0.25) is 0 Å². The Morgan fingerprint density at radius 2 is 1.97 bits per heavy atom. The van der Waals surface area contributed by atoms with Crippen molar-refractivity contribution in [2.45, 2.75) is 38.7 Å². The summed E-state index contributed by atoms with van der Waals surface area (Å²) < 4.78 is 0. The molecular formula is C22H26N2O5. The molecule has 1 aliphatic heterocycles. The number of hydrogen-bond donors (Lipinski definition) is 3. The third-order valence-electron chi connectivity index (χ3n) is 5.64. The van der Waals surface area contributed by atoms with Crippen LogP contribution in [-0.2, 0) is 11.2 Å². The fourth-order valence-electron chi connectivity index (χ4n) is 4.04. The topological polar surface area (TPSA) is 111 Å². The first-order valence-corrected chi connectivity index (χ1v) is 9.77. The van der Waals surface area contributed by atoms with Gasteiger partial charge in [-0.25, -0.2) is 0 Å². The molecule has 3 rings (SSSR count). The van der Waals surface area contributed by atoms with Crippen LogP contribution >= 0.6 is 0 Å². The van der Waals surface area contributed by atoms with Crippen molar-refractivity contribution >= 4 is 11.9 Å². The van der Waals surface area contributed by atoms with E-state index in [2.05, 4.69) is 4.98 Å². The average Bonchev–Trinajstić information content (AvgIpc) is 2.69. The van der Waals surface area contributed by atoms with Gasteiger partial charge in [-0.1, -0.05) is 30.3 Å². The van der Waals surface area contributed by atoms with Crippen LogP contribution in [0, 0.1) is 12.3 Å². The molecular weight excluding hydrogens is 372 g/mol. The number of nitrogens with one attached hydrogen (secondary N) is 1. The van der Waals surface area contributed by atoms with Gasteiger partial charge in [0, 0.05) is 30.9 Å². The number of benzene rings is 1. The van der Waals surface area contributed by atoms with E-state index >= 15 is 0 Å². The molecule has 1 saturated heterocycles. The van der Waals surface area contributed by atoms with Crippen molar-refractivity contribution in [1.82, 2.24) is 9.88 Å². The molecule has 1 fully saturated rings. The number of nitrogens with zero attached hydrogens (tertiary/aromatic N) is 1. The Hall–Kier alpha value is -2.93. The van der Waals surface area contributed by atoms with Crippen molar-refractivity contribution in [1.29, 1.82) is 0 Å². The molecule has 7 nitrogen and oxygen atoms in total. The number of aromatic amines is 1. The van der Waals surface area contributed by atoms with E-state index in [9.17, 15) is 24.6 Å². The number of H-pyrrole nitrogens is 1. The second-order valence-electron chi connectivity index (χ2n) is 7.74. The van der Waals surface area contributed by atoms with Crippen LogP contribution in [0.2, 0.25) is 0 Å². The predicted molar refractivity (Wildman–Crippen MR) is 108 cm³/mol. The molecule has 0 radical (unpaired) electrons. The maximum absolute atomic E-state index is 12.9. The molecule has 1 amide bonds. The SMILES string of the molecule is Cc1cc(=O)cc(C(=O)N2CC[C@H](O)[C@](CCCc3ccccc3)(C(=O)O)C2)[nH]1. The molecule has 1 aromatic heterocycles. The quantitative estimate of drug-likeness (QED) is 0.689. The number of carboxylic acid groups (broad SMARTS) is 1. The molecule has 1 aliphatic rings. The summed E-state index contributed by atoms with van der Waals surface area (Å²) in [5.41, 5.74) is 0.0881. The van der Waals surface area contributed by atoms with E-state index in [4.69, 9.17) is 0 Å². The fourth-order valence-corrected chi connectivity index (χ4v) is 4.04. The standard InChI is InChI=1S/C22H26N2O5/c1-15-12-17(25)13-18(23-15)20(27)24-11-9-19(26)22(14-24,21(28)29)10-5-8-16-6-3-2-4-7-16/h2-4,6-7,12-13,19,26H,5,8-11,14H2,1H3,(H,23,25)(H,28,29)/t19-,22+/m0/s1. The van der Waals surface area contributed by atoms with E-state index in [1.807, 2.05) is 30.3 Å². The highest BCUT2D eigenvalue weighted by Crippen LogP contribution is 2.36. The third-order valence-corrected chi connectivity index (χ3v) is 5.64. The third kappa shape index (κ3) is 4.56. The molecule has 7 heteroatoms. The highest BCUT2D eigenvalue weighted by atomic mass is 16.4. The normalized spacial score (nSPS) is 21.7. The van der Waals surface area contributed by atoms with Gasteiger partial charge in [0.05, 0.1) is 6.10 Å². The minimum atomic E-state index is -1.42. The van der Waals surface area contributed by atoms with Crippen molar-refractivity contribution in [3.05, 3.63) is 69.6 Å². The largest absolute Gasteiger partial charge is 0.481 e. The summed E-state index contributed by atoms with van der Waals surface area (Å²) in [5.74, 6) is -1.53. The first-order chi connectivity index (χ1) is 13.8. The van der Waals surface area contributed by atoms with E-state index in [0.29, 0.717) is 18.5 Å². The zero-order valence-corrected chi connectivity index (χ0v) is 16.4. The number of piperidine rings is 1. The van der Waals surface area contributed by atoms with Gasteiger partial charge in [-0.15, -0.1) is 0 Å². The van der Waals surface area contributed by atoms with E-state index < -0.39 is 23.4 Å². The number of carbonyl (C=O) groups is 2. The fraction of sp³-hybridized carbons (Fsp3) is 0.409. The van der Waals surface area contributed by atoms with Gasteiger partial charge in [0.25, 0.3) is 5.91 Å². The Labute approximate surface area is 169 Å². The van der Waals surface area contributed by atoms with Crippen molar-refractivity contribution in [3.8, 4) is 0 Å². The van der Waals surface area contributed by atoms with Crippen LogP contribution in [-0.4, -0.2) is 51.2 Å². The number of aliphatic hydroxyl groups is 1. The lowest BCUT2D eigenvalue weighted by Crippen LogP contribution is -2.57. The van der Waals surface area contributed by atoms with Crippen LogP contribution in [0.25, 0.3) is 0 Å². The summed E-state index contributed by atoms with van der Waals surface area (Å²) in [7, 11) is 0. The maximum atomic E-state index is 12.9. The van der Waals surface area contributed by atoms with Crippen molar-refractivity contribution in [2.75, 3.05) is 13.1 Å². The number of aromatic nitrogens is 1. The zero-order chi connectivity index (χ0) is 21.0. The number of aliphatic carboxylic acids is 1. The molecule has 2 aromatic rings. The number of carboxylic acids is 1. The van der Waals surface area contributed by atoms with Crippen molar-refractivity contribution < 1.29 is 19.8 Å². The number of aryl methyl sites for hydroxylation is 2. The number of pyridine rings is 1. The van der Waals surface area contributed by atoms with Gasteiger partial charge in [0.15, 0.2) is 5.43 Å². The van der Waals surface area contributed by atoms with Gasteiger partial charge in [-0.3, -0.25) is 14.4 Å². The Bertz CT molecular complexity index is 940. The first-order valence-electron chi connectivity index (χ1n) is 9.77.